The second-order valence-electron chi connectivity index (χ2n) is 4.84. The van der Waals surface area contributed by atoms with Crippen molar-refractivity contribution < 1.29 is 9.72 Å². The number of nitro groups is 1. The number of amides is 2. The number of anilines is 1. The summed E-state index contributed by atoms with van der Waals surface area (Å²) in [6.07, 6.45) is 0. The van der Waals surface area contributed by atoms with Gasteiger partial charge >= 0.3 is 6.03 Å². The Morgan fingerprint density at radius 2 is 2.05 bits per heavy atom. The van der Waals surface area contributed by atoms with Crippen LogP contribution in [0.4, 0.5) is 16.2 Å². The van der Waals surface area contributed by atoms with Crippen LogP contribution < -0.4 is 10.6 Å². The molecule has 1 aromatic heterocycles. The summed E-state index contributed by atoms with van der Waals surface area (Å²) in [5.41, 5.74) is 2.65. The lowest BCUT2D eigenvalue weighted by Crippen LogP contribution is -2.28. The minimum absolute atomic E-state index is 0.0231. The molecule has 7 nitrogen and oxygen atoms in total. The first kappa shape index (κ1) is 15.4. The first-order chi connectivity index (χ1) is 10.5. The zero-order valence-corrected chi connectivity index (χ0v) is 12.3. The van der Waals surface area contributed by atoms with Gasteiger partial charge in [0.25, 0.3) is 5.69 Å². The van der Waals surface area contributed by atoms with E-state index in [0.717, 1.165) is 11.4 Å². The van der Waals surface area contributed by atoms with Crippen molar-refractivity contribution in [3.63, 3.8) is 0 Å². The number of nitrogens with one attached hydrogen (secondary N) is 2. The molecule has 0 fully saturated rings. The van der Waals surface area contributed by atoms with E-state index in [2.05, 4.69) is 15.6 Å². The Hall–Kier alpha value is -2.96. The molecule has 0 aliphatic rings. The molecule has 2 aromatic rings. The molecule has 0 saturated carbocycles. The second kappa shape index (κ2) is 6.66. The van der Waals surface area contributed by atoms with E-state index in [0.29, 0.717) is 17.8 Å². The SMILES string of the molecule is Cc1cccc(CNC(=O)Nc2ccc([N+](=O)[O-])c(C)c2)n1. The van der Waals surface area contributed by atoms with Gasteiger partial charge in [-0.1, -0.05) is 6.07 Å². The molecule has 0 aliphatic carbocycles. The zero-order chi connectivity index (χ0) is 16.1. The van der Waals surface area contributed by atoms with Crippen LogP contribution in [0.25, 0.3) is 0 Å². The van der Waals surface area contributed by atoms with Gasteiger partial charge in [0, 0.05) is 23.0 Å². The molecular weight excluding hydrogens is 284 g/mol. The van der Waals surface area contributed by atoms with Gasteiger partial charge in [-0.2, -0.15) is 0 Å². The smallest absolute Gasteiger partial charge is 0.319 e. The number of carbonyl (C=O) groups excluding carboxylic acids is 1. The molecule has 2 amide bonds. The third-order valence-electron chi connectivity index (χ3n) is 3.03. The van der Waals surface area contributed by atoms with E-state index in [9.17, 15) is 14.9 Å². The Morgan fingerprint density at radius 1 is 1.27 bits per heavy atom. The Balaban J connectivity index is 1.95. The summed E-state index contributed by atoms with van der Waals surface area (Å²) in [4.78, 5) is 26.4. The minimum atomic E-state index is -0.456. The lowest BCUT2D eigenvalue weighted by Gasteiger charge is -2.08. The third-order valence-corrected chi connectivity index (χ3v) is 3.03. The fourth-order valence-corrected chi connectivity index (χ4v) is 1.98. The number of urea groups is 1. The summed E-state index contributed by atoms with van der Waals surface area (Å²) in [6, 6.07) is 9.60. The summed E-state index contributed by atoms with van der Waals surface area (Å²) in [6.45, 7) is 3.81. The van der Waals surface area contributed by atoms with Crippen LogP contribution in [0.3, 0.4) is 0 Å². The highest BCUT2D eigenvalue weighted by Gasteiger charge is 2.11. The summed E-state index contributed by atoms with van der Waals surface area (Å²) >= 11 is 0. The highest BCUT2D eigenvalue weighted by atomic mass is 16.6. The molecule has 22 heavy (non-hydrogen) atoms. The molecule has 1 aromatic carbocycles. The van der Waals surface area contributed by atoms with Crippen LogP contribution in [0.5, 0.6) is 0 Å². The van der Waals surface area contributed by atoms with Crippen molar-refractivity contribution >= 4 is 17.4 Å². The highest BCUT2D eigenvalue weighted by molar-refractivity contribution is 5.89. The van der Waals surface area contributed by atoms with Crippen LogP contribution >= 0.6 is 0 Å². The van der Waals surface area contributed by atoms with Crippen molar-refractivity contribution in [1.82, 2.24) is 10.3 Å². The first-order valence-corrected chi connectivity index (χ1v) is 6.68. The van der Waals surface area contributed by atoms with Crippen LogP contribution in [0.1, 0.15) is 17.0 Å². The predicted molar refractivity (Wildman–Crippen MR) is 82.7 cm³/mol. The van der Waals surface area contributed by atoms with Crippen molar-refractivity contribution in [2.24, 2.45) is 0 Å². The zero-order valence-electron chi connectivity index (χ0n) is 12.3. The summed E-state index contributed by atoms with van der Waals surface area (Å²) in [5, 5.41) is 16.1. The average molecular weight is 300 g/mol. The standard InChI is InChI=1S/C15H16N4O3/c1-10-8-12(6-7-14(10)19(21)22)18-15(20)16-9-13-5-3-4-11(2)17-13/h3-8H,9H2,1-2H3,(H2,16,18,20). The van der Waals surface area contributed by atoms with Gasteiger partial charge in [0.2, 0.25) is 0 Å². The van der Waals surface area contributed by atoms with Gasteiger partial charge in [0.15, 0.2) is 0 Å². The van der Waals surface area contributed by atoms with Gasteiger partial charge in [-0.05, 0) is 38.1 Å². The van der Waals surface area contributed by atoms with E-state index < -0.39 is 11.0 Å². The van der Waals surface area contributed by atoms with Crippen molar-refractivity contribution in [3.05, 3.63) is 63.5 Å². The number of aryl methyl sites for hydroxylation is 2. The molecule has 0 unspecified atom stereocenters. The molecule has 0 bridgehead atoms. The van der Waals surface area contributed by atoms with Gasteiger partial charge in [-0.15, -0.1) is 0 Å². The van der Waals surface area contributed by atoms with Crippen LogP contribution in [0.15, 0.2) is 36.4 Å². The third kappa shape index (κ3) is 4.02. The van der Waals surface area contributed by atoms with Gasteiger partial charge in [-0.25, -0.2) is 4.79 Å². The van der Waals surface area contributed by atoms with Crippen LogP contribution in [0.2, 0.25) is 0 Å². The van der Waals surface area contributed by atoms with Crippen LogP contribution in [0, 0.1) is 24.0 Å². The number of aromatic nitrogens is 1. The van der Waals surface area contributed by atoms with E-state index in [1.807, 2.05) is 25.1 Å². The summed E-state index contributed by atoms with van der Waals surface area (Å²) in [7, 11) is 0. The fourth-order valence-electron chi connectivity index (χ4n) is 1.98. The molecule has 0 aliphatic heterocycles. The molecule has 1 heterocycles. The van der Waals surface area contributed by atoms with E-state index in [1.165, 1.54) is 12.1 Å². The number of pyridine rings is 1. The maximum atomic E-state index is 11.8. The summed E-state index contributed by atoms with van der Waals surface area (Å²) in [5.74, 6) is 0. The molecule has 0 spiro atoms. The Morgan fingerprint density at radius 3 is 2.68 bits per heavy atom. The summed E-state index contributed by atoms with van der Waals surface area (Å²) < 4.78 is 0. The molecule has 114 valence electrons. The van der Waals surface area contributed by atoms with E-state index in [-0.39, 0.29) is 5.69 Å². The number of hydrogen-bond acceptors (Lipinski definition) is 4. The topological polar surface area (TPSA) is 97.2 Å². The lowest BCUT2D eigenvalue weighted by atomic mass is 10.2. The normalized spacial score (nSPS) is 10.1. The van der Waals surface area contributed by atoms with Gasteiger partial charge in [0.05, 0.1) is 17.2 Å². The van der Waals surface area contributed by atoms with Crippen molar-refractivity contribution in [2.45, 2.75) is 20.4 Å². The highest BCUT2D eigenvalue weighted by Crippen LogP contribution is 2.21. The monoisotopic (exact) mass is 300 g/mol. The number of hydrogen-bond donors (Lipinski definition) is 2. The van der Waals surface area contributed by atoms with Crippen molar-refractivity contribution in [3.8, 4) is 0 Å². The van der Waals surface area contributed by atoms with E-state index in [4.69, 9.17) is 0 Å². The van der Waals surface area contributed by atoms with E-state index >= 15 is 0 Å². The van der Waals surface area contributed by atoms with Gasteiger partial charge in [0.1, 0.15) is 0 Å². The molecule has 0 radical (unpaired) electrons. The van der Waals surface area contributed by atoms with Crippen LogP contribution in [-0.4, -0.2) is 15.9 Å². The Labute approximate surface area is 127 Å². The first-order valence-electron chi connectivity index (χ1n) is 6.68. The molecular formula is C15H16N4O3. The second-order valence-corrected chi connectivity index (χ2v) is 4.84. The number of nitro benzene ring substituents is 1. The number of carbonyl (C=O) groups is 1. The van der Waals surface area contributed by atoms with Crippen LogP contribution in [-0.2, 0) is 6.54 Å². The molecule has 2 rings (SSSR count). The molecule has 0 saturated heterocycles. The lowest BCUT2D eigenvalue weighted by molar-refractivity contribution is -0.385. The average Bonchev–Trinajstić information content (AvgIpc) is 2.45. The molecule has 7 heteroatoms. The Kier molecular flexibility index (Phi) is 4.67. The van der Waals surface area contributed by atoms with Gasteiger partial charge in [-0.3, -0.25) is 15.1 Å². The molecule has 0 atom stereocenters. The number of benzene rings is 1. The number of rotatable bonds is 4. The number of nitrogens with zero attached hydrogens (tertiary/aromatic N) is 2. The van der Waals surface area contributed by atoms with Crippen molar-refractivity contribution in [2.75, 3.05) is 5.32 Å². The van der Waals surface area contributed by atoms with E-state index in [1.54, 1.807) is 13.0 Å². The largest absolute Gasteiger partial charge is 0.332 e. The predicted octanol–water partition coefficient (Wildman–Crippen LogP) is 2.93. The maximum absolute atomic E-state index is 11.8. The molecule has 2 N–H and O–H groups in total. The van der Waals surface area contributed by atoms with Gasteiger partial charge < -0.3 is 10.6 Å². The maximum Gasteiger partial charge on any atom is 0.319 e. The Bertz CT molecular complexity index is 716. The minimum Gasteiger partial charge on any atom is -0.332 e. The fraction of sp³-hybridized carbons (Fsp3) is 0.200. The quantitative estimate of drug-likeness (QED) is 0.670. The van der Waals surface area contributed by atoms with Crippen molar-refractivity contribution in [1.29, 1.82) is 0 Å².